The summed E-state index contributed by atoms with van der Waals surface area (Å²) in [4.78, 5) is 18.3. The Labute approximate surface area is 164 Å². The van der Waals surface area contributed by atoms with Crippen molar-refractivity contribution in [2.45, 2.75) is 50.9 Å². The lowest BCUT2D eigenvalue weighted by atomic mass is 9.88. The van der Waals surface area contributed by atoms with E-state index in [2.05, 4.69) is 25.2 Å². The molecular formula is C21H28N6O. The van der Waals surface area contributed by atoms with E-state index in [1.165, 1.54) is 56.3 Å². The van der Waals surface area contributed by atoms with Crippen molar-refractivity contribution in [1.29, 1.82) is 0 Å². The molecule has 1 saturated heterocycles. The molecule has 3 aromatic rings. The van der Waals surface area contributed by atoms with Gasteiger partial charge in [0.15, 0.2) is 0 Å². The van der Waals surface area contributed by atoms with Crippen molar-refractivity contribution < 1.29 is 0 Å². The fraction of sp³-hybridized carbons (Fsp3) is 0.571. The molecule has 2 fully saturated rings. The second-order valence-corrected chi connectivity index (χ2v) is 8.44. The Morgan fingerprint density at radius 3 is 2.89 bits per heavy atom. The monoisotopic (exact) mass is 380 g/mol. The maximum Gasteiger partial charge on any atom is 0.348 e. The highest BCUT2D eigenvalue weighted by atomic mass is 16.1. The molecule has 3 heterocycles. The number of benzene rings is 1. The fourth-order valence-electron chi connectivity index (χ4n) is 5.00. The molecular weight excluding hydrogens is 352 g/mol. The van der Waals surface area contributed by atoms with Crippen LogP contribution in [0.5, 0.6) is 0 Å². The van der Waals surface area contributed by atoms with E-state index < -0.39 is 0 Å². The van der Waals surface area contributed by atoms with Crippen LogP contribution in [0, 0.1) is 5.92 Å². The molecule has 0 spiro atoms. The van der Waals surface area contributed by atoms with Crippen LogP contribution in [0.1, 0.15) is 56.7 Å². The molecule has 7 nitrogen and oxygen atoms in total. The van der Waals surface area contributed by atoms with Crippen LogP contribution in [0.4, 0.5) is 0 Å². The number of hydrogen-bond donors (Lipinski definition) is 2. The van der Waals surface area contributed by atoms with Crippen LogP contribution >= 0.6 is 0 Å². The molecule has 5 rings (SSSR count). The lowest BCUT2D eigenvalue weighted by Gasteiger charge is -2.35. The second kappa shape index (κ2) is 7.54. The van der Waals surface area contributed by atoms with Gasteiger partial charge in [0.25, 0.3) is 0 Å². The molecule has 1 unspecified atom stereocenters. The molecule has 7 heteroatoms. The van der Waals surface area contributed by atoms with Crippen LogP contribution in [-0.4, -0.2) is 49.5 Å². The van der Waals surface area contributed by atoms with Crippen LogP contribution in [0.3, 0.4) is 0 Å². The number of rotatable bonds is 4. The Bertz CT molecular complexity index is 996. The summed E-state index contributed by atoms with van der Waals surface area (Å²) >= 11 is 0. The van der Waals surface area contributed by atoms with Crippen LogP contribution in [0.25, 0.3) is 16.6 Å². The van der Waals surface area contributed by atoms with Crippen LogP contribution in [0.15, 0.2) is 29.2 Å². The van der Waals surface area contributed by atoms with E-state index in [4.69, 9.17) is 0 Å². The third-order valence-corrected chi connectivity index (χ3v) is 6.45. The highest BCUT2D eigenvalue weighted by Gasteiger charge is 2.27. The van der Waals surface area contributed by atoms with E-state index in [9.17, 15) is 4.79 Å². The van der Waals surface area contributed by atoms with E-state index in [0.29, 0.717) is 5.92 Å². The van der Waals surface area contributed by atoms with Crippen molar-refractivity contribution in [3.05, 3.63) is 40.7 Å². The van der Waals surface area contributed by atoms with E-state index in [1.54, 1.807) is 6.20 Å². The van der Waals surface area contributed by atoms with E-state index in [-0.39, 0.29) is 5.69 Å². The minimum Gasteiger partial charge on any atom is -0.302 e. The van der Waals surface area contributed by atoms with Gasteiger partial charge in [-0.25, -0.2) is 4.79 Å². The van der Waals surface area contributed by atoms with Crippen molar-refractivity contribution in [1.82, 2.24) is 29.9 Å². The van der Waals surface area contributed by atoms with Gasteiger partial charge in [-0.1, -0.05) is 31.4 Å². The minimum atomic E-state index is -0.179. The Hall–Kier alpha value is -2.41. The number of H-pyrrole nitrogens is 2. The maximum atomic E-state index is 12.6. The first-order valence-corrected chi connectivity index (χ1v) is 10.6. The zero-order valence-corrected chi connectivity index (χ0v) is 16.2. The molecule has 1 atom stereocenters. The number of piperidine rings is 1. The summed E-state index contributed by atoms with van der Waals surface area (Å²) in [5.41, 5.74) is 1.41. The largest absolute Gasteiger partial charge is 0.348 e. The third-order valence-electron chi connectivity index (χ3n) is 6.45. The molecule has 148 valence electrons. The highest BCUT2D eigenvalue weighted by Crippen LogP contribution is 2.29. The standard InChI is InChI=1S/C21H28N6O/c28-21-23-20(25-27(21)18-10-4-8-16-12-22-24-19(16)18)17-9-5-11-26(14-17)13-15-6-2-1-3-7-15/h4,8,10,12,15,17H,1-3,5-7,9,11,13-14H2,(H,22,24)(H,23,25,28). The molecule has 2 aliphatic rings. The molecule has 1 aliphatic heterocycles. The number of nitrogens with zero attached hydrogens (tertiary/aromatic N) is 4. The van der Waals surface area contributed by atoms with Crippen LogP contribution in [0.2, 0.25) is 0 Å². The van der Waals surface area contributed by atoms with Gasteiger partial charge in [-0.05, 0) is 44.2 Å². The Balaban J connectivity index is 1.36. The van der Waals surface area contributed by atoms with Crippen molar-refractivity contribution in [2.24, 2.45) is 5.92 Å². The predicted octanol–water partition coefficient (Wildman–Crippen LogP) is 3.20. The Morgan fingerprint density at radius 2 is 2.00 bits per heavy atom. The van der Waals surface area contributed by atoms with Gasteiger partial charge < -0.3 is 4.90 Å². The first-order valence-electron chi connectivity index (χ1n) is 10.6. The summed E-state index contributed by atoms with van der Waals surface area (Å²) < 4.78 is 1.48. The topological polar surface area (TPSA) is 82.6 Å². The Morgan fingerprint density at radius 1 is 1.11 bits per heavy atom. The summed E-state index contributed by atoms with van der Waals surface area (Å²) in [6.45, 7) is 3.37. The second-order valence-electron chi connectivity index (χ2n) is 8.44. The van der Waals surface area contributed by atoms with Gasteiger partial charge in [-0.15, -0.1) is 5.10 Å². The smallest absolute Gasteiger partial charge is 0.302 e. The zero-order chi connectivity index (χ0) is 18.9. The van der Waals surface area contributed by atoms with Gasteiger partial charge in [0, 0.05) is 24.4 Å². The first-order chi connectivity index (χ1) is 13.8. The maximum absolute atomic E-state index is 12.6. The number of likely N-dealkylation sites (tertiary alicyclic amines) is 1. The predicted molar refractivity (Wildman–Crippen MR) is 109 cm³/mol. The van der Waals surface area contributed by atoms with E-state index >= 15 is 0 Å². The van der Waals surface area contributed by atoms with Gasteiger partial charge in [-0.3, -0.25) is 10.1 Å². The summed E-state index contributed by atoms with van der Waals surface area (Å²) in [6.07, 6.45) is 11.0. The number of aromatic nitrogens is 5. The van der Waals surface area contributed by atoms with E-state index in [1.807, 2.05) is 18.2 Å². The van der Waals surface area contributed by atoms with Crippen LogP contribution in [-0.2, 0) is 0 Å². The summed E-state index contributed by atoms with van der Waals surface area (Å²) in [6, 6.07) is 5.81. The van der Waals surface area contributed by atoms with Gasteiger partial charge in [0.2, 0.25) is 0 Å². The minimum absolute atomic E-state index is 0.179. The summed E-state index contributed by atoms with van der Waals surface area (Å²) in [5.74, 6) is 1.96. The number of fused-ring (bicyclic) bond motifs is 1. The molecule has 0 amide bonds. The van der Waals surface area contributed by atoms with Gasteiger partial charge in [0.05, 0.1) is 17.4 Å². The van der Waals surface area contributed by atoms with Crippen molar-refractivity contribution in [3.63, 3.8) is 0 Å². The average molecular weight is 380 g/mol. The molecule has 2 N–H and O–H groups in total. The van der Waals surface area contributed by atoms with Crippen molar-refractivity contribution >= 4 is 10.9 Å². The van der Waals surface area contributed by atoms with Gasteiger partial charge >= 0.3 is 5.69 Å². The third kappa shape index (κ3) is 3.39. The number of hydrogen-bond acceptors (Lipinski definition) is 4. The molecule has 1 aliphatic carbocycles. The molecule has 2 aromatic heterocycles. The molecule has 1 aromatic carbocycles. The lowest BCUT2D eigenvalue weighted by molar-refractivity contribution is 0.158. The normalized spacial score (nSPS) is 22.1. The zero-order valence-electron chi connectivity index (χ0n) is 16.2. The molecule has 0 radical (unpaired) electrons. The number of para-hydroxylation sites is 1. The van der Waals surface area contributed by atoms with Crippen LogP contribution < -0.4 is 5.69 Å². The fourth-order valence-corrected chi connectivity index (χ4v) is 5.00. The van der Waals surface area contributed by atoms with Gasteiger partial charge in [-0.2, -0.15) is 9.78 Å². The van der Waals surface area contributed by atoms with Crippen molar-refractivity contribution in [3.8, 4) is 5.69 Å². The SMILES string of the molecule is O=c1[nH]c(C2CCCN(CC3CCCCC3)C2)nn1-c1cccc2cn[nH]c12. The quantitative estimate of drug-likeness (QED) is 0.728. The molecule has 1 saturated carbocycles. The molecule has 28 heavy (non-hydrogen) atoms. The van der Waals surface area contributed by atoms with Crippen molar-refractivity contribution in [2.75, 3.05) is 19.6 Å². The summed E-state index contributed by atoms with van der Waals surface area (Å²) in [5, 5.41) is 12.7. The number of nitrogens with one attached hydrogen (secondary N) is 2. The Kier molecular flexibility index (Phi) is 4.76. The first kappa shape index (κ1) is 17.7. The van der Waals surface area contributed by atoms with E-state index in [0.717, 1.165) is 41.3 Å². The lowest BCUT2D eigenvalue weighted by Crippen LogP contribution is -2.38. The number of aromatic amines is 2. The average Bonchev–Trinajstić information content (AvgIpc) is 3.35. The molecule has 0 bridgehead atoms. The summed E-state index contributed by atoms with van der Waals surface area (Å²) in [7, 11) is 0. The van der Waals surface area contributed by atoms with Gasteiger partial charge in [0.1, 0.15) is 5.82 Å². The highest BCUT2D eigenvalue weighted by molar-refractivity contribution is 5.85.